The monoisotopic (exact) mass is 361 g/mol. The number of rotatable bonds is 4. The number of hydrogen-bond acceptors (Lipinski definition) is 4. The van der Waals surface area contributed by atoms with Gasteiger partial charge in [0.15, 0.2) is 0 Å². The molecule has 2 aromatic rings. The number of aliphatic hydroxyl groups is 1. The fraction of sp³-hybridized carbons (Fsp3) is 0.444. The van der Waals surface area contributed by atoms with Crippen molar-refractivity contribution in [2.75, 3.05) is 26.2 Å². The van der Waals surface area contributed by atoms with E-state index >= 15 is 0 Å². The number of amides is 1. The maximum absolute atomic E-state index is 14.5. The SMILES string of the molecule is O=C(O)NC[C@H]1CN(CC2Cn3c(=O)ccc4ccc(F)c2c43)C[C@H]1O. The van der Waals surface area contributed by atoms with Crippen LogP contribution in [0.4, 0.5) is 9.18 Å². The average Bonchev–Trinajstić information content (AvgIpc) is 3.14. The number of benzene rings is 1. The van der Waals surface area contributed by atoms with Crippen LogP contribution in [0.3, 0.4) is 0 Å². The van der Waals surface area contributed by atoms with Gasteiger partial charge in [0, 0.05) is 56.2 Å². The zero-order chi connectivity index (χ0) is 18.4. The third-order valence-electron chi connectivity index (χ3n) is 5.42. The number of nitrogens with one attached hydrogen (secondary N) is 1. The Balaban J connectivity index is 1.55. The van der Waals surface area contributed by atoms with Crippen molar-refractivity contribution < 1.29 is 19.4 Å². The standard InChI is InChI=1S/C18H20FN3O4/c19-13-3-1-10-2-4-15(24)22-8-12(16(13)17(10)22)7-21-6-11(14(23)9-21)5-20-18(25)26/h1-4,11-12,14,20,23H,5-9H2,(H,25,26)/t11-,12?,14+/m0/s1. The maximum Gasteiger partial charge on any atom is 0.404 e. The first-order chi connectivity index (χ1) is 12.4. The molecule has 0 saturated carbocycles. The van der Waals surface area contributed by atoms with E-state index in [2.05, 4.69) is 5.32 Å². The van der Waals surface area contributed by atoms with E-state index < -0.39 is 12.2 Å². The molecule has 3 N–H and O–H groups in total. The second kappa shape index (κ2) is 6.37. The molecule has 3 atom stereocenters. The molecule has 1 saturated heterocycles. The zero-order valence-electron chi connectivity index (χ0n) is 14.1. The molecule has 0 spiro atoms. The van der Waals surface area contributed by atoms with Crippen molar-refractivity contribution in [1.29, 1.82) is 0 Å². The van der Waals surface area contributed by atoms with E-state index in [0.29, 0.717) is 37.3 Å². The largest absolute Gasteiger partial charge is 0.465 e. The van der Waals surface area contributed by atoms with Gasteiger partial charge in [-0.3, -0.25) is 9.69 Å². The summed E-state index contributed by atoms with van der Waals surface area (Å²) >= 11 is 0. The first kappa shape index (κ1) is 17.0. The fourth-order valence-corrected chi connectivity index (χ4v) is 4.25. The van der Waals surface area contributed by atoms with Crippen LogP contribution in [0, 0.1) is 11.7 Å². The Morgan fingerprint density at radius 2 is 2.00 bits per heavy atom. The molecule has 0 bridgehead atoms. The van der Waals surface area contributed by atoms with Crippen LogP contribution < -0.4 is 10.9 Å². The van der Waals surface area contributed by atoms with Gasteiger partial charge < -0.3 is 20.1 Å². The Labute approximate surface area is 148 Å². The molecular weight excluding hydrogens is 341 g/mol. The summed E-state index contributed by atoms with van der Waals surface area (Å²) in [5.74, 6) is -0.686. The highest BCUT2D eigenvalue weighted by atomic mass is 19.1. The number of likely N-dealkylation sites (tertiary alicyclic amines) is 1. The van der Waals surface area contributed by atoms with E-state index in [0.717, 1.165) is 5.39 Å². The highest BCUT2D eigenvalue weighted by Crippen LogP contribution is 2.35. The third-order valence-corrected chi connectivity index (χ3v) is 5.42. The van der Waals surface area contributed by atoms with Gasteiger partial charge in [0.2, 0.25) is 0 Å². The Morgan fingerprint density at radius 3 is 2.77 bits per heavy atom. The summed E-state index contributed by atoms with van der Waals surface area (Å²) in [7, 11) is 0. The summed E-state index contributed by atoms with van der Waals surface area (Å²) in [5.41, 5.74) is 1.07. The van der Waals surface area contributed by atoms with Crippen molar-refractivity contribution in [2.24, 2.45) is 5.92 Å². The molecule has 1 amide bonds. The van der Waals surface area contributed by atoms with Crippen LogP contribution in [-0.4, -0.2) is 58.1 Å². The summed E-state index contributed by atoms with van der Waals surface area (Å²) in [5, 5.41) is 22.0. The van der Waals surface area contributed by atoms with Crippen LogP contribution in [0.15, 0.2) is 29.1 Å². The van der Waals surface area contributed by atoms with Gasteiger partial charge in [-0.2, -0.15) is 0 Å². The predicted octanol–water partition coefficient (Wildman–Crippen LogP) is 0.798. The normalized spacial score (nSPS) is 25.1. The van der Waals surface area contributed by atoms with Crippen molar-refractivity contribution >= 4 is 17.0 Å². The molecule has 1 aromatic heterocycles. The fourth-order valence-electron chi connectivity index (χ4n) is 4.25. The lowest BCUT2D eigenvalue weighted by atomic mass is 9.98. The van der Waals surface area contributed by atoms with E-state index in [1.807, 2.05) is 4.90 Å². The highest BCUT2D eigenvalue weighted by Gasteiger charge is 2.35. The van der Waals surface area contributed by atoms with Gasteiger partial charge >= 0.3 is 6.09 Å². The van der Waals surface area contributed by atoms with Gasteiger partial charge in [-0.1, -0.05) is 0 Å². The summed E-state index contributed by atoms with van der Waals surface area (Å²) in [4.78, 5) is 24.8. The number of hydrogen-bond donors (Lipinski definition) is 3. The summed E-state index contributed by atoms with van der Waals surface area (Å²) in [6, 6.07) is 6.33. The van der Waals surface area contributed by atoms with Crippen molar-refractivity contribution in [1.82, 2.24) is 14.8 Å². The zero-order valence-corrected chi connectivity index (χ0v) is 14.1. The quantitative estimate of drug-likeness (QED) is 0.749. The van der Waals surface area contributed by atoms with Crippen LogP contribution in [0.25, 0.3) is 10.9 Å². The lowest BCUT2D eigenvalue weighted by molar-refractivity contribution is 0.137. The van der Waals surface area contributed by atoms with Crippen molar-refractivity contribution in [3.63, 3.8) is 0 Å². The number of halogens is 1. The second-order valence-electron chi connectivity index (χ2n) is 7.11. The molecule has 138 valence electrons. The minimum Gasteiger partial charge on any atom is -0.465 e. The second-order valence-corrected chi connectivity index (χ2v) is 7.11. The van der Waals surface area contributed by atoms with E-state index in [1.54, 1.807) is 16.7 Å². The van der Waals surface area contributed by atoms with E-state index in [9.17, 15) is 19.1 Å². The molecule has 7 nitrogen and oxygen atoms in total. The lowest BCUT2D eigenvalue weighted by Gasteiger charge is -2.21. The summed E-state index contributed by atoms with van der Waals surface area (Å²) < 4.78 is 16.1. The van der Waals surface area contributed by atoms with Crippen LogP contribution in [-0.2, 0) is 6.54 Å². The maximum atomic E-state index is 14.5. The molecule has 8 heteroatoms. The molecule has 26 heavy (non-hydrogen) atoms. The minimum absolute atomic E-state index is 0.142. The van der Waals surface area contributed by atoms with E-state index in [-0.39, 0.29) is 29.8 Å². The van der Waals surface area contributed by atoms with Gasteiger partial charge in [-0.25, -0.2) is 9.18 Å². The molecular formula is C18H20FN3O4. The number of carbonyl (C=O) groups is 1. The molecule has 3 heterocycles. The van der Waals surface area contributed by atoms with Crippen molar-refractivity contribution in [3.05, 3.63) is 46.0 Å². The van der Waals surface area contributed by atoms with Crippen LogP contribution in [0.2, 0.25) is 0 Å². The lowest BCUT2D eigenvalue weighted by Crippen LogP contribution is -2.33. The number of aliphatic hydroxyl groups excluding tert-OH is 1. The molecule has 2 aliphatic heterocycles. The van der Waals surface area contributed by atoms with Crippen LogP contribution in [0.5, 0.6) is 0 Å². The van der Waals surface area contributed by atoms with Crippen molar-refractivity contribution in [3.8, 4) is 0 Å². The molecule has 0 radical (unpaired) electrons. The number of nitrogens with zero attached hydrogens (tertiary/aromatic N) is 2. The predicted molar refractivity (Wildman–Crippen MR) is 92.9 cm³/mol. The Kier molecular flexibility index (Phi) is 4.16. The molecule has 4 rings (SSSR count). The minimum atomic E-state index is -1.12. The summed E-state index contributed by atoms with van der Waals surface area (Å²) in [6.07, 6.45) is -1.75. The first-order valence-corrected chi connectivity index (χ1v) is 8.63. The van der Waals surface area contributed by atoms with Gasteiger partial charge in [-0.05, 0) is 23.6 Å². The molecule has 1 fully saturated rings. The molecule has 1 aromatic carbocycles. The molecule has 2 aliphatic rings. The number of aromatic nitrogens is 1. The van der Waals surface area contributed by atoms with Gasteiger partial charge in [-0.15, -0.1) is 0 Å². The number of carboxylic acid groups (broad SMARTS) is 1. The third kappa shape index (κ3) is 2.85. The summed E-state index contributed by atoms with van der Waals surface area (Å²) in [6.45, 7) is 2.04. The van der Waals surface area contributed by atoms with E-state index in [4.69, 9.17) is 5.11 Å². The topological polar surface area (TPSA) is 94.8 Å². The molecule has 0 aliphatic carbocycles. The number of pyridine rings is 1. The van der Waals surface area contributed by atoms with Crippen molar-refractivity contribution in [2.45, 2.75) is 18.6 Å². The van der Waals surface area contributed by atoms with Gasteiger partial charge in [0.1, 0.15) is 5.82 Å². The first-order valence-electron chi connectivity index (χ1n) is 8.63. The Morgan fingerprint density at radius 1 is 1.23 bits per heavy atom. The average molecular weight is 361 g/mol. The molecule has 1 unspecified atom stereocenters. The van der Waals surface area contributed by atoms with Gasteiger partial charge in [0.05, 0.1) is 11.6 Å². The van der Waals surface area contributed by atoms with E-state index in [1.165, 1.54) is 12.1 Å². The van der Waals surface area contributed by atoms with Gasteiger partial charge in [0.25, 0.3) is 5.56 Å². The Hall–Kier alpha value is -2.45. The number of β-amino-alcohol motifs (C(OH)–C–C–N with tert-alkyl or cyclic N) is 1. The Bertz CT molecular complexity index is 929. The highest BCUT2D eigenvalue weighted by molar-refractivity contribution is 5.84. The van der Waals surface area contributed by atoms with Crippen LogP contribution >= 0.6 is 0 Å². The van der Waals surface area contributed by atoms with Crippen LogP contribution in [0.1, 0.15) is 11.5 Å². The smallest absolute Gasteiger partial charge is 0.404 e.